The van der Waals surface area contributed by atoms with Crippen LogP contribution in [0.3, 0.4) is 0 Å². The average Bonchev–Trinajstić information content (AvgIpc) is 2.63. The SMILES string of the molecule is CC(C)OCCCNC(=O)C1CCN(S(=O)(=O)c2ccc(F)c(Cl)c2)CC1. The van der Waals surface area contributed by atoms with Crippen LogP contribution >= 0.6 is 11.6 Å². The fourth-order valence-corrected chi connectivity index (χ4v) is 4.63. The van der Waals surface area contributed by atoms with Crippen LogP contribution in [-0.4, -0.2) is 51.0 Å². The summed E-state index contributed by atoms with van der Waals surface area (Å²) in [4.78, 5) is 12.2. The van der Waals surface area contributed by atoms with Crippen molar-refractivity contribution < 1.29 is 22.3 Å². The summed E-state index contributed by atoms with van der Waals surface area (Å²) in [6.45, 7) is 5.53. The molecule has 1 saturated heterocycles. The van der Waals surface area contributed by atoms with E-state index in [2.05, 4.69) is 5.32 Å². The van der Waals surface area contributed by atoms with E-state index >= 15 is 0 Å². The van der Waals surface area contributed by atoms with Crippen LogP contribution in [0.2, 0.25) is 5.02 Å². The van der Waals surface area contributed by atoms with Crippen LogP contribution in [0.4, 0.5) is 4.39 Å². The van der Waals surface area contributed by atoms with Crippen molar-refractivity contribution in [1.29, 1.82) is 0 Å². The van der Waals surface area contributed by atoms with Crippen LogP contribution in [0, 0.1) is 11.7 Å². The van der Waals surface area contributed by atoms with E-state index in [0.717, 1.165) is 18.6 Å². The number of nitrogens with zero attached hydrogens (tertiary/aromatic N) is 1. The van der Waals surface area contributed by atoms with Crippen LogP contribution in [-0.2, 0) is 19.6 Å². The largest absolute Gasteiger partial charge is 0.379 e. The van der Waals surface area contributed by atoms with Crippen LogP contribution in [0.1, 0.15) is 33.1 Å². The molecule has 0 aliphatic carbocycles. The molecule has 0 saturated carbocycles. The van der Waals surface area contributed by atoms with Gasteiger partial charge in [-0.15, -0.1) is 0 Å². The van der Waals surface area contributed by atoms with Crippen molar-refractivity contribution in [2.75, 3.05) is 26.2 Å². The zero-order valence-corrected chi connectivity index (χ0v) is 17.2. The van der Waals surface area contributed by atoms with Gasteiger partial charge in [-0.05, 0) is 51.3 Å². The van der Waals surface area contributed by atoms with Crippen LogP contribution < -0.4 is 5.32 Å². The summed E-state index contributed by atoms with van der Waals surface area (Å²) in [7, 11) is -3.75. The lowest BCUT2D eigenvalue weighted by molar-refractivity contribution is -0.126. The molecule has 1 aliphatic rings. The number of piperidine rings is 1. The highest BCUT2D eigenvalue weighted by atomic mass is 35.5. The molecule has 1 fully saturated rings. The first kappa shape index (κ1) is 22.1. The molecule has 1 aromatic rings. The Morgan fingerprint density at radius 2 is 2.04 bits per heavy atom. The number of hydrogen-bond acceptors (Lipinski definition) is 4. The second kappa shape index (κ2) is 9.82. The number of amides is 1. The Morgan fingerprint density at radius 3 is 2.63 bits per heavy atom. The molecule has 1 aromatic carbocycles. The van der Waals surface area contributed by atoms with Crippen molar-refractivity contribution in [2.45, 2.75) is 44.1 Å². The second-order valence-corrected chi connectivity index (χ2v) is 9.16. The number of benzene rings is 1. The van der Waals surface area contributed by atoms with Gasteiger partial charge in [0, 0.05) is 32.2 Å². The first-order valence-electron chi connectivity index (χ1n) is 9.06. The van der Waals surface area contributed by atoms with Crippen LogP contribution in [0.15, 0.2) is 23.1 Å². The molecular weight excluding hydrogens is 395 g/mol. The van der Waals surface area contributed by atoms with E-state index in [4.69, 9.17) is 16.3 Å². The maximum atomic E-state index is 13.3. The number of carbonyl (C=O) groups excluding carboxylic acids is 1. The van der Waals surface area contributed by atoms with Gasteiger partial charge in [0.25, 0.3) is 0 Å². The average molecular weight is 421 g/mol. The molecule has 2 rings (SSSR count). The summed E-state index contributed by atoms with van der Waals surface area (Å²) in [6.07, 6.45) is 1.80. The second-order valence-electron chi connectivity index (χ2n) is 6.82. The highest BCUT2D eigenvalue weighted by Gasteiger charge is 2.32. The summed E-state index contributed by atoms with van der Waals surface area (Å²) in [5, 5.41) is 2.65. The zero-order chi connectivity index (χ0) is 20.0. The van der Waals surface area contributed by atoms with Gasteiger partial charge >= 0.3 is 0 Å². The number of halogens is 2. The minimum atomic E-state index is -3.75. The summed E-state index contributed by atoms with van der Waals surface area (Å²) >= 11 is 5.69. The molecule has 1 N–H and O–H groups in total. The van der Waals surface area contributed by atoms with Gasteiger partial charge in [0.1, 0.15) is 5.82 Å². The van der Waals surface area contributed by atoms with Gasteiger partial charge in [-0.3, -0.25) is 4.79 Å². The third kappa shape index (κ3) is 6.14. The standard InChI is InChI=1S/C18H26ClFN2O4S/c1-13(2)26-11-3-8-21-18(23)14-6-9-22(10-7-14)27(24,25)15-4-5-17(20)16(19)12-15/h4-5,12-14H,3,6-11H2,1-2H3,(H,21,23). The normalized spacial score (nSPS) is 16.6. The maximum Gasteiger partial charge on any atom is 0.243 e. The van der Waals surface area contributed by atoms with Gasteiger partial charge in [-0.1, -0.05) is 11.6 Å². The zero-order valence-electron chi connectivity index (χ0n) is 15.6. The first-order valence-corrected chi connectivity index (χ1v) is 10.9. The number of nitrogens with one attached hydrogen (secondary N) is 1. The molecule has 0 spiro atoms. The van der Waals surface area contributed by atoms with Gasteiger partial charge in [-0.2, -0.15) is 4.31 Å². The topological polar surface area (TPSA) is 75.7 Å². The highest BCUT2D eigenvalue weighted by molar-refractivity contribution is 7.89. The first-order chi connectivity index (χ1) is 12.7. The Labute approximate surface area is 165 Å². The molecule has 0 bridgehead atoms. The molecule has 9 heteroatoms. The Bertz CT molecular complexity index is 750. The van der Waals surface area contributed by atoms with E-state index in [-0.39, 0.29) is 40.9 Å². The smallest absolute Gasteiger partial charge is 0.243 e. The van der Waals surface area contributed by atoms with Gasteiger partial charge in [-0.25, -0.2) is 12.8 Å². The number of sulfonamides is 1. The van der Waals surface area contributed by atoms with Gasteiger partial charge in [0.05, 0.1) is 16.0 Å². The molecule has 0 radical (unpaired) electrons. The predicted molar refractivity (Wildman–Crippen MR) is 102 cm³/mol. The van der Waals surface area contributed by atoms with Gasteiger partial charge < -0.3 is 10.1 Å². The summed E-state index contributed by atoms with van der Waals surface area (Å²) in [5.74, 6) is -0.925. The van der Waals surface area contributed by atoms with E-state index in [1.807, 2.05) is 13.8 Å². The van der Waals surface area contributed by atoms with Crippen molar-refractivity contribution in [3.8, 4) is 0 Å². The lowest BCUT2D eigenvalue weighted by atomic mass is 9.97. The number of ether oxygens (including phenoxy) is 1. The summed E-state index contributed by atoms with van der Waals surface area (Å²) in [6, 6.07) is 3.36. The van der Waals surface area contributed by atoms with Crippen LogP contribution in [0.5, 0.6) is 0 Å². The van der Waals surface area contributed by atoms with E-state index in [9.17, 15) is 17.6 Å². The Morgan fingerprint density at radius 1 is 1.37 bits per heavy atom. The Hall–Kier alpha value is -1.22. The highest BCUT2D eigenvalue weighted by Crippen LogP contribution is 2.26. The monoisotopic (exact) mass is 420 g/mol. The van der Waals surface area contributed by atoms with Crippen molar-refractivity contribution in [3.05, 3.63) is 29.0 Å². The molecule has 27 heavy (non-hydrogen) atoms. The molecule has 152 valence electrons. The quantitative estimate of drug-likeness (QED) is 0.656. The number of carbonyl (C=O) groups is 1. The molecule has 1 aliphatic heterocycles. The Kier molecular flexibility index (Phi) is 8.03. The lowest BCUT2D eigenvalue weighted by Crippen LogP contribution is -2.43. The maximum absolute atomic E-state index is 13.3. The third-order valence-corrected chi connectivity index (χ3v) is 6.61. The third-order valence-electron chi connectivity index (χ3n) is 4.43. The molecule has 1 amide bonds. The Balaban J connectivity index is 1.83. The van der Waals surface area contributed by atoms with Crippen molar-refractivity contribution >= 4 is 27.5 Å². The van der Waals surface area contributed by atoms with Gasteiger partial charge in [0.2, 0.25) is 15.9 Å². The lowest BCUT2D eigenvalue weighted by Gasteiger charge is -2.30. The fraction of sp³-hybridized carbons (Fsp3) is 0.611. The van der Waals surface area contributed by atoms with E-state index < -0.39 is 15.8 Å². The molecule has 0 unspecified atom stereocenters. The molecule has 0 aromatic heterocycles. The van der Waals surface area contributed by atoms with E-state index in [1.54, 1.807) is 0 Å². The molecule has 6 nitrogen and oxygen atoms in total. The summed E-state index contributed by atoms with van der Waals surface area (Å²) < 4.78 is 45.3. The predicted octanol–water partition coefficient (Wildman–Crippen LogP) is 2.81. The van der Waals surface area contributed by atoms with Crippen LogP contribution in [0.25, 0.3) is 0 Å². The van der Waals surface area contributed by atoms with Gasteiger partial charge in [0.15, 0.2) is 0 Å². The van der Waals surface area contributed by atoms with Crippen molar-refractivity contribution in [2.24, 2.45) is 5.92 Å². The van der Waals surface area contributed by atoms with Crippen molar-refractivity contribution in [1.82, 2.24) is 9.62 Å². The summed E-state index contributed by atoms with van der Waals surface area (Å²) in [5.41, 5.74) is 0. The fourth-order valence-electron chi connectivity index (χ4n) is 2.89. The number of rotatable bonds is 8. The number of hydrogen-bond donors (Lipinski definition) is 1. The minimum absolute atomic E-state index is 0.0399. The molecule has 1 heterocycles. The molecular formula is C18H26ClFN2O4S. The molecule has 0 atom stereocenters. The van der Waals surface area contributed by atoms with Crippen molar-refractivity contribution in [3.63, 3.8) is 0 Å². The van der Waals surface area contributed by atoms with E-state index in [0.29, 0.717) is 26.0 Å². The minimum Gasteiger partial charge on any atom is -0.379 e. The van der Waals surface area contributed by atoms with E-state index in [1.165, 1.54) is 10.4 Å².